The molecule has 29 heavy (non-hydrogen) atoms. The van der Waals surface area contributed by atoms with Crippen LogP contribution in [0.1, 0.15) is 45.5 Å². The maximum absolute atomic E-state index is 14.4. The summed E-state index contributed by atoms with van der Waals surface area (Å²) in [5, 5.41) is 5.67. The van der Waals surface area contributed by atoms with Crippen LogP contribution in [0.4, 0.5) is 10.1 Å². The van der Waals surface area contributed by atoms with Crippen LogP contribution in [0.25, 0.3) is 11.1 Å². The molecule has 0 atom stereocenters. The van der Waals surface area contributed by atoms with Gasteiger partial charge in [-0.3, -0.25) is 9.59 Å². The first-order valence-corrected chi connectivity index (χ1v) is 10.0. The van der Waals surface area contributed by atoms with Crippen molar-refractivity contribution in [2.45, 2.75) is 25.8 Å². The van der Waals surface area contributed by atoms with Crippen molar-refractivity contribution in [1.82, 2.24) is 15.5 Å². The summed E-state index contributed by atoms with van der Waals surface area (Å²) < 4.78 is 14.4. The topological polar surface area (TPSA) is 87.5 Å². The Morgan fingerprint density at radius 1 is 1.17 bits per heavy atom. The summed E-state index contributed by atoms with van der Waals surface area (Å²) in [6.07, 6.45) is 3.36. The summed E-state index contributed by atoms with van der Waals surface area (Å²) in [5.74, 6) is -1.03. The van der Waals surface area contributed by atoms with E-state index in [1.165, 1.54) is 18.9 Å². The Morgan fingerprint density at radius 2 is 1.93 bits per heavy atom. The monoisotopic (exact) mass is 396 g/mol. The van der Waals surface area contributed by atoms with Gasteiger partial charge in [-0.1, -0.05) is 6.07 Å². The van der Waals surface area contributed by atoms with Gasteiger partial charge in [-0.05, 0) is 74.3 Å². The first-order valence-electron chi connectivity index (χ1n) is 10.0. The number of nitrogen functional groups attached to an aromatic ring is 1. The number of nitrogens with one attached hydrogen (secondary N) is 2. The van der Waals surface area contributed by atoms with E-state index in [9.17, 15) is 14.0 Å². The molecule has 0 radical (unpaired) electrons. The molecule has 2 amide bonds. The zero-order chi connectivity index (χ0) is 20.4. The molecular formula is C22H25FN4O2. The van der Waals surface area contributed by atoms with Crippen molar-refractivity contribution in [2.24, 2.45) is 0 Å². The molecule has 0 bridgehead atoms. The third-order valence-corrected chi connectivity index (χ3v) is 5.63. The average molecular weight is 396 g/mol. The van der Waals surface area contributed by atoms with Crippen molar-refractivity contribution in [3.05, 3.63) is 52.8 Å². The lowest BCUT2D eigenvalue weighted by Crippen LogP contribution is -2.30. The molecule has 0 unspecified atom stereocenters. The van der Waals surface area contributed by atoms with Gasteiger partial charge < -0.3 is 21.3 Å². The number of benzene rings is 2. The van der Waals surface area contributed by atoms with Gasteiger partial charge in [0.15, 0.2) is 0 Å². The molecule has 2 aromatic carbocycles. The van der Waals surface area contributed by atoms with Crippen LogP contribution in [0.5, 0.6) is 0 Å². The van der Waals surface area contributed by atoms with E-state index in [2.05, 4.69) is 15.5 Å². The third-order valence-electron chi connectivity index (χ3n) is 5.63. The Labute approximate surface area is 169 Å². The summed E-state index contributed by atoms with van der Waals surface area (Å²) in [6.45, 7) is 4.05. The molecule has 6 nitrogen and oxygen atoms in total. The number of hydrogen-bond acceptors (Lipinski definition) is 4. The van der Waals surface area contributed by atoms with Gasteiger partial charge in [0.2, 0.25) is 0 Å². The van der Waals surface area contributed by atoms with E-state index in [0.29, 0.717) is 40.0 Å². The van der Waals surface area contributed by atoms with Gasteiger partial charge in [0.25, 0.3) is 11.8 Å². The Morgan fingerprint density at radius 3 is 2.69 bits per heavy atom. The van der Waals surface area contributed by atoms with Crippen LogP contribution in [-0.2, 0) is 6.54 Å². The smallest absolute Gasteiger partial charge is 0.252 e. The predicted molar refractivity (Wildman–Crippen MR) is 110 cm³/mol. The molecule has 4 rings (SSSR count). The third kappa shape index (κ3) is 3.96. The Kier molecular flexibility index (Phi) is 5.49. The van der Waals surface area contributed by atoms with Crippen LogP contribution in [-0.4, -0.2) is 42.9 Å². The number of rotatable bonds is 6. The van der Waals surface area contributed by atoms with Gasteiger partial charge >= 0.3 is 0 Å². The van der Waals surface area contributed by atoms with Crippen LogP contribution in [0.3, 0.4) is 0 Å². The summed E-state index contributed by atoms with van der Waals surface area (Å²) in [5.41, 5.74) is 8.24. The molecule has 2 aromatic rings. The van der Waals surface area contributed by atoms with Gasteiger partial charge in [-0.2, -0.15) is 0 Å². The second-order valence-corrected chi connectivity index (χ2v) is 7.59. The van der Waals surface area contributed by atoms with Crippen molar-refractivity contribution in [2.75, 3.05) is 31.9 Å². The highest BCUT2D eigenvalue weighted by molar-refractivity contribution is 6.11. The molecule has 1 fully saturated rings. The lowest BCUT2D eigenvalue weighted by molar-refractivity contribution is 0.0926. The highest BCUT2D eigenvalue weighted by Crippen LogP contribution is 2.33. The van der Waals surface area contributed by atoms with Gasteiger partial charge in [0.05, 0.1) is 11.1 Å². The predicted octanol–water partition coefficient (Wildman–Crippen LogP) is 2.53. The van der Waals surface area contributed by atoms with E-state index in [1.807, 2.05) is 0 Å². The maximum atomic E-state index is 14.4. The molecule has 0 spiro atoms. The number of anilines is 1. The van der Waals surface area contributed by atoms with Gasteiger partial charge in [0, 0.05) is 24.3 Å². The molecule has 2 aliphatic rings. The highest BCUT2D eigenvalue weighted by atomic mass is 19.1. The minimum absolute atomic E-state index is 0.267. The molecule has 7 heteroatoms. The standard InChI is InChI=1S/C22H25FN4O2/c23-19-12-14(24)4-5-16(19)15-6-7-17(20-18(15)13-26-22(20)29)21(28)25-8-3-11-27-9-1-2-10-27/h4-7,12H,1-3,8-11,13,24H2,(H,25,28)(H,26,29). The van der Waals surface area contributed by atoms with Crippen molar-refractivity contribution < 1.29 is 14.0 Å². The van der Waals surface area contributed by atoms with Crippen molar-refractivity contribution >= 4 is 17.5 Å². The minimum atomic E-state index is -0.453. The number of likely N-dealkylation sites (tertiary alicyclic amines) is 1. The molecule has 4 N–H and O–H groups in total. The van der Waals surface area contributed by atoms with E-state index in [-0.39, 0.29) is 18.4 Å². The first-order chi connectivity index (χ1) is 14.0. The van der Waals surface area contributed by atoms with Crippen LogP contribution in [0.15, 0.2) is 30.3 Å². The molecule has 2 aliphatic heterocycles. The first kappa shape index (κ1) is 19.4. The quantitative estimate of drug-likeness (QED) is 0.517. The fourth-order valence-corrected chi connectivity index (χ4v) is 4.15. The zero-order valence-electron chi connectivity index (χ0n) is 16.3. The van der Waals surface area contributed by atoms with E-state index >= 15 is 0 Å². The molecule has 152 valence electrons. The Hall–Kier alpha value is -2.93. The number of nitrogens with zero attached hydrogens (tertiary/aromatic N) is 1. The summed E-state index contributed by atoms with van der Waals surface area (Å²) >= 11 is 0. The Bertz CT molecular complexity index is 954. The van der Waals surface area contributed by atoms with Gasteiger partial charge in [-0.25, -0.2) is 4.39 Å². The number of carbonyl (C=O) groups excluding carboxylic acids is 2. The lowest BCUT2D eigenvalue weighted by Gasteiger charge is -2.15. The SMILES string of the molecule is Nc1ccc(-c2ccc(C(=O)NCCCN3CCCC3)c3c2CNC3=O)c(F)c1. The largest absolute Gasteiger partial charge is 0.399 e. The number of halogens is 1. The lowest BCUT2D eigenvalue weighted by atomic mass is 9.92. The Balaban J connectivity index is 1.53. The van der Waals surface area contributed by atoms with E-state index in [0.717, 1.165) is 26.1 Å². The highest BCUT2D eigenvalue weighted by Gasteiger charge is 2.29. The van der Waals surface area contributed by atoms with Crippen molar-refractivity contribution in [1.29, 1.82) is 0 Å². The van der Waals surface area contributed by atoms with Gasteiger partial charge in [0.1, 0.15) is 5.82 Å². The summed E-state index contributed by atoms with van der Waals surface area (Å²) in [7, 11) is 0. The zero-order valence-corrected chi connectivity index (χ0v) is 16.3. The number of fused-ring (bicyclic) bond motifs is 1. The van der Waals surface area contributed by atoms with E-state index in [4.69, 9.17) is 5.73 Å². The van der Waals surface area contributed by atoms with E-state index in [1.54, 1.807) is 24.3 Å². The fraction of sp³-hybridized carbons (Fsp3) is 0.364. The second kappa shape index (κ2) is 8.21. The average Bonchev–Trinajstić information content (AvgIpc) is 3.35. The number of amides is 2. The molecule has 0 saturated carbocycles. The molecule has 0 aliphatic carbocycles. The van der Waals surface area contributed by atoms with Crippen LogP contribution >= 0.6 is 0 Å². The van der Waals surface area contributed by atoms with Crippen LogP contribution < -0.4 is 16.4 Å². The summed E-state index contributed by atoms with van der Waals surface area (Å²) in [4.78, 5) is 27.5. The second-order valence-electron chi connectivity index (χ2n) is 7.59. The van der Waals surface area contributed by atoms with Crippen LogP contribution in [0.2, 0.25) is 0 Å². The number of nitrogens with two attached hydrogens (primary N) is 1. The van der Waals surface area contributed by atoms with Gasteiger partial charge in [-0.15, -0.1) is 0 Å². The maximum Gasteiger partial charge on any atom is 0.252 e. The van der Waals surface area contributed by atoms with Crippen molar-refractivity contribution in [3.8, 4) is 11.1 Å². The molecule has 1 saturated heterocycles. The summed E-state index contributed by atoms with van der Waals surface area (Å²) in [6, 6.07) is 7.78. The van der Waals surface area contributed by atoms with E-state index < -0.39 is 5.82 Å². The van der Waals surface area contributed by atoms with Crippen LogP contribution in [0, 0.1) is 5.82 Å². The molecule has 0 aromatic heterocycles. The van der Waals surface area contributed by atoms with Crippen molar-refractivity contribution in [3.63, 3.8) is 0 Å². The number of carbonyl (C=O) groups is 2. The normalized spacial score (nSPS) is 16.0. The fourth-order valence-electron chi connectivity index (χ4n) is 4.15. The molecule has 2 heterocycles. The molecular weight excluding hydrogens is 371 g/mol. The minimum Gasteiger partial charge on any atom is -0.399 e. The number of hydrogen-bond donors (Lipinski definition) is 3.